The van der Waals surface area contributed by atoms with Crippen LogP contribution in [-0.2, 0) is 11.2 Å². The summed E-state index contributed by atoms with van der Waals surface area (Å²) in [5.74, 6) is -1.48. The molecule has 88 valence electrons. The molecule has 1 unspecified atom stereocenters. The number of carbonyl (C=O) groups is 1. The summed E-state index contributed by atoms with van der Waals surface area (Å²) in [5.41, 5.74) is 1.55. The van der Waals surface area contributed by atoms with Crippen LogP contribution in [0.25, 0.3) is 0 Å². The molecule has 0 bridgehead atoms. The molecule has 0 radical (unpaired) electrons. The quantitative estimate of drug-likeness (QED) is 0.793. The summed E-state index contributed by atoms with van der Waals surface area (Å²) >= 11 is 0. The lowest BCUT2D eigenvalue weighted by Gasteiger charge is -2.15. The Balaban J connectivity index is 3.21. The van der Waals surface area contributed by atoms with E-state index in [0.717, 1.165) is 12.0 Å². The van der Waals surface area contributed by atoms with Gasteiger partial charge in [0.05, 0.1) is 13.7 Å². The van der Waals surface area contributed by atoms with Gasteiger partial charge in [-0.25, -0.2) is 0 Å². The highest BCUT2D eigenvalue weighted by atomic mass is 16.5. The zero-order valence-corrected chi connectivity index (χ0v) is 9.43. The van der Waals surface area contributed by atoms with Crippen molar-refractivity contribution in [3.05, 3.63) is 29.3 Å². The average molecular weight is 224 g/mol. The molecule has 4 nitrogen and oxygen atoms in total. The van der Waals surface area contributed by atoms with Crippen molar-refractivity contribution in [2.45, 2.75) is 19.3 Å². The molecule has 0 aliphatic heterocycles. The van der Waals surface area contributed by atoms with E-state index in [1.807, 2.05) is 13.0 Å². The molecule has 1 atom stereocenters. The third-order valence-corrected chi connectivity index (χ3v) is 2.56. The molecular formula is C12H16O4. The monoisotopic (exact) mass is 224 g/mol. The highest BCUT2D eigenvalue weighted by Crippen LogP contribution is 2.28. The Morgan fingerprint density at radius 2 is 2.19 bits per heavy atom. The smallest absolute Gasteiger partial charge is 0.313 e. The van der Waals surface area contributed by atoms with Gasteiger partial charge in [-0.3, -0.25) is 4.79 Å². The number of aliphatic hydroxyl groups is 1. The van der Waals surface area contributed by atoms with Crippen molar-refractivity contribution in [2.75, 3.05) is 13.7 Å². The van der Waals surface area contributed by atoms with Crippen molar-refractivity contribution in [3.63, 3.8) is 0 Å². The first-order valence-corrected chi connectivity index (χ1v) is 5.14. The molecule has 0 saturated heterocycles. The first-order valence-electron chi connectivity index (χ1n) is 5.14. The van der Waals surface area contributed by atoms with Crippen LogP contribution in [0.15, 0.2) is 18.2 Å². The lowest BCUT2D eigenvalue weighted by Crippen LogP contribution is -2.16. The van der Waals surface area contributed by atoms with Gasteiger partial charge >= 0.3 is 5.97 Å². The molecular weight excluding hydrogens is 208 g/mol. The number of carboxylic acids is 1. The van der Waals surface area contributed by atoms with Gasteiger partial charge in [0.15, 0.2) is 0 Å². The standard InChI is InChI=1S/C12H16O4/c1-3-8-4-5-11(16-2)9(6-8)10(7-13)12(14)15/h4-6,10,13H,3,7H2,1-2H3,(H,14,15). The second-order valence-electron chi connectivity index (χ2n) is 3.50. The molecule has 0 fully saturated rings. The van der Waals surface area contributed by atoms with Gasteiger partial charge in [-0.1, -0.05) is 19.1 Å². The Hall–Kier alpha value is -1.55. The summed E-state index contributed by atoms with van der Waals surface area (Å²) in [6.45, 7) is 1.55. The van der Waals surface area contributed by atoms with Crippen LogP contribution in [-0.4, -0.2) is 29.9 Å². The lowest BCUT2D eigenvalue weighted by atomic mass is 9.96. The number of aliphatic carboxylic acids is 1. The second kappa shape index (κ2) is 5.51. The van der Waals surface area contributed by atoms with Crippen LogP contribution in [0.2, 0.25) is 0 Å². The predicted octanol–water partition coefficient (Wildman–Crippen LogP) is 1.42. The van der Waals surface area contributed by atoms with Crippen LogP contribution >= 0.6 is 0 Å². The van der Waals surface area contributed by atoms with Gasteiger partial charge < -0.3 is 14.9 Å². The Morgan fingerprint density at radius 3 is 2.62 bits per heavy atom. The summed E-state index contributed by atoms with van der Waals surface area (Å²) in [4.78, 5) is 11.0. The fourth-order valence-corrected chi connectivity index (χ4v) is 1.59. The fourth-order valence-electron chi connectivity index (χ4n) is 1.59. The van der Waals surface area contributed by atoms with E-state index in [0.29, 0.717) is 11.3 Å². The fraction of sp³-hybridized carbons (Fsp3) is 0.417. The number of hydrogen-bond acceptors (Lipinski definition) is 3. The summed E-state index contributed by atoms with van der Waals surface area (Å²) in [7, 11) is 1.49. The van der Waals surface area contributed by atoms with E-state index < -0.39 is 18.5 Å². The number of ether oxygens (including phenoxy) is 1. The minimum absolute atomic E-state index is 0.432. The molecule has 0 aliphatic rings. The van der Waals surface area contributed by atoms with Crippen molar-refractivity contribution in [1.82, 2.24) is 0 Å². The van der Waals surface area contributed by atoms with Crippen molar-refractivity contribution in [3.8, 4) is 5.75 Å². The number of rotatable bonds is 5. The topological polar surface area (TPSA) is 66.8 Å². The van der Waals surface area contributed by atoms with Gasteiger partial charge in [-0.2, -0.15) is 0 Å². The zero-order chi connectivity index (χ0) is 12.1. The minimum atomic E-state index is -1.05. The molecule has 1 aromatic carbocycles. The van der Waals surface area contributed by atoms with E-state index in [-0.39, 0.29) is 0 Å². The van der Waals surface area contributed by atoms with Gasteiger partial charge in [0, 0.05) is 5.56 Å². The number of aryl methyl sites for hydroxylation is 1. The average Bonchev–Trinajstić information content (AvgIpc) is 2.29. The van der Waals surface area contributed by atoms with Crippen molar-refractivity contribution < 1.29 is 19.7 Å². The van der Waals surface area contributed by atoms with Crippen molar-refractivity contribution >= 4 is 5.97 Å². The van der Waals surface area contributed by atoms with Gasteiger partial charge in [-0.05, 0) is 18.1 Å². The molecule has 1 aromatic rings. The van der Waals surface area contributed by atoms with Crippen LogP contribution in [0.4, 0.5) is 0 Å². The third-order valence-electron chi connectivity index (χ3n) is 2.56. The second-order valence-corrected chi connectivity index (χ2v) is 3.50. The van der Waals surface area contributed by atoms with E-state index >= 15 is 0 Å². The number of benzene rings is 1. The lowest BCUT2D eigenvalue weighted by molar-refractivity contribution is -0.139. The zero-order valence-electron chi connectivity index (χ0n) is 9.43. The highest BCUT2D eigenvalue weighted by Gasteiger charge is 2.22. The van der Waals surface area contributed by atoms with Crippen molar-refractivity contribution in [2.24, 2.45) is 0 Å². The van der Waals surface area contributed by atoms with Gasteiger partial charge in [0.1, 0.15) is 11.7 Å². The SMILES string of the molecule is CCc1ccc(OC)c(C(CO)C(=O)O)c1. The molecule has 4 heteroatoms. The number of hydrogen-bond donors (Lipinski definition) is 2. The maximum atomic E-state index is 11.0. The third kappa shape index (κ3) is 2.52. The molecule has 2 N–H and O–H groups in total. The molecule has 0 saturated carbocycles. The summed E-state index contributed by atoms with van der Waals surface area (Å²) in [6.07, 6.45) is 0.814. The van der Waals surface area contributed by atoms with Gasteiger partial charge in [-0.15, -0.1) is 0 Å². The maximum absolute atomic E-state index is 11.0. The molecule has 1 rings (SSSR count). The van der Waals surface area contributed by atoms with Crippen LogP contribution in [0.1, 0.15) is 24.0 Å². The minimum Gasteiger partial charge on any atom is -0.496 e. The Bertz CT molecular complexity index is 373. The normalized spacial score (nSPS) is 12.2. The molecule has 0 aliphatic carbocycles. The van der Waals surface area contributed by atoms with E-state index in [2.05, 4.69) is 0 Å². The number of aliphatic hydroxyl groups excluding tert-OH is 1. The molecule has 0 heterocycles. The van der Waals surface area contributed by atoms with E-state index in [4.69, 9.17) is 14.9 Å². The van der Waals surface area contributed by atoms with Crippen molar-refractivity contribution in [1.29, 1.82) is 0 Å². The van der Waals surface area contributed by atoms with E-state index in [1.165, 1.54) is 7.11 Å². The summed E-state index contributed by atoms with van der Waals surface area (Å²) < 4.78 is 5.10. The molecule has 0 spiro atoms. The Kier molecular flexibility index (Phi) is 4.31. The molecule has 0 aromatic heterocycles. The number of methoxy groups -OCH3 is 1. The van der Waals surface area contributed by atoms with Crippen LogP contribution in [0.3, 0.4) is 0 Å². The van der Waals surface area contributed by atoms with Crippen LogP contribution < -0.4 is 4.74 Å². The van der Waals surface area contributed by atoms with E-state index in [1.54, 1.807) is 12.1 Å². The first-order chi connectivity index (χ1) is 7.63. The summed E-state index contributed by atoms with van der Waals surface area (Å²) in [5, 5.41) is 18.1. The van der Waals surface area contributed by atoms with Crippen LogP contribution in [0, 0.1) is 0 Å². The largest absolute Gasteiger partial charge is 0.496 e. The maximum Gasteiger partial charge on any atom is 0.313 e. The number of carboxylic acid groups (broad SMARTS) is 1. The molecule has 0 amide bonds. The predicted molar refractivity (Wildman–Crippen MR) is 59.8 cm³/mol. The Labute approximate surface area is 94.5 Å². The summed E-state index contributed by atoms with van der Waals surface area (Å²) in [6, 6.07) is 5.40. The van der Waals surface area contributed by atoms with Gasteiger partial charge in [0.2, 0.25) is 0 Å². The Morgan fingerprint density at radius 1 is 1.50 bits per heavy atom. The van der Waals surface area contributed by atoms with Crippen LogP contribution in [0.5, 0.6) is 5.75 Å². The van der Waals surface area contributed by atoms with E-state index in [9.17, 15) is 4.79 Å². The first kappa shape index (κ1) is 12.5. The molecule has 16 heavy (non-hydrogen) atoms. The van der Waals surface area contributed by atoms with Gasteiger partial charge in [0.25, 0.3) is 0 Å². The highest BCUT2D eigenvalue weighted by molar-refractivity contribution is 5.77.